The first-order valence-electron chi connectivity index (χ1n) is 4.95. The van der Waals surface area contributed by atoms with Crippen LogP contribution in [0.2, 0.25) is 0 Å². The minimum absolute atomic E-state index is 0.196. The van der Waals surface area contributed by atoms with Gasteiger partial charge in [0.2, 0.25) is 0 Å². The van der Waals surface area contributed by atoms with Crippen LogP contribution in [0.15, 0.2) is 18.2 Å². The van der Waals surface area contributed by atoms with Crippen LogP contribution in [0.4, 0.5) is 13.2 Å². The van der Waals surface area contributed by atoms with Gasteiger partial charge in [-0.1, -0.05) is 22.0 Å². The van der Waals surface area contributed by atoms with Crippen molar-refractivity contribution in [1.29, 1.82) is 0 Å². The van der Waals surface area contributed by atoms with Crippen LogP contribution in [0, 0.1) is 0 Å². The molecule has 0 radical (unpaired) electrons. The fourth-order valence-corrected chi connectivity index (χ4v) is 1.73. The molecule has 0 unspecified atom stereocenters. The summed E-state index contributed by atoms with van der Waals surface area (Å²) in [4.78, 5) is 0. The first-order valence-corrected chi connectivity index (χ1v) is 6.07. The van der Waals surface area contributed by atoms with Crippen molar-refractivity contribution in [2.24, 2.45) is 0 Å². The molecule has 6 heteroatoms. The van der Waals surface area contributed by atoms with Gasteiger partial charge in [0.25, 0.3) is 0 Å². The second kappa shape index (κ2) is 6.14. The molecule has 0 N–H and O–H groups in total. The molecule has 0 aliphatic heterocycles. The van der Waals surface area contributed by atoms with E-state index in [9.17, 15) is 13.2 Å². The monoisotopic (exact) mass is 312 g/mol. The molecule has 0 saturated heterocycles. The number of rotatable bonds is 5. The van der Waals surface area contributed by atoms with Crippen molar-refractivity contribution >= 4 is 15.9 Å². The summed E-state index contributed by atoms with van der Waals surface area (Å²) >= 11 is 3.24. The fourth-order valence-electron chi connectivity index (χ4n) is 1.45. The molecule has 0 amide bonds. The summed E-state index contributed by atoms with van der Waals surface area (Å²) in [7, 11) is 1.42. The highest BCUT2D eigenvalue weighted by Gasteiger charge is 2.32. The van der Waals surface area contributed by atoms with Gasteiger partial charge in [0.05, 0.1) is 7.11 Å². The van der Waals surface area contributed by atoms with Gasteiger partial charge in [0.15, 0.2) is 0 Å². The molecule has 0 saturated carbocycles. The van der Waals surface area contributed by atoms with Crippen LogP contribution in [0.1, 0.15) is 12.0 Å². The Bertz CT molecular complexity index is 366. The zero-order valence-electron chi connectivity index (χ0n) is 9.18. The van der Waals surface area contributed by atoms with E-state index in [1.165, 1.54) is 19.2 Å². The van der Waals surface area contributed by atoms with Gasteiger partial charge >= 0.3 is 6.36 Å². The molecule has 17 heavy (non-hydrogen) atoms. The van der Waals surface area contributed by atoms with E-state index in [-0.39, 0.29) is 5.75 Å². The van der Waals surface area contributed by atoms with E-state index < -0.39 is 6.36 Å². The maximum Gasteiger partial charge on any atom is 0.573 e. The van der Waals surface area contributed by atoms with E-state index in [0.29, 0.717) is 29.5 Å². The van der Waals surface area contributed by atoms with Crippen LogP contribution in [0.25, 0.3) is 0 Å². The molecule has 0 aliphatic carbocycles. The molecule has 0 fully saturated rings. The van der Waals surface area contributed by atoms with Gasteiger partial charge in [-0.3, -0.25) is 0 Å². The van der Waals surface area contributed by atoms with Crippen LogP contribution < -0.4 is 9.47 Å². The molecule has 1 aromatic carbocycles. The molecular weight excluding hydrogens is 301 g/mol. The molecule has 0 aromatic heterocycles. The first-order chi connectivity index (χ1) is 7.98. The number of halogens is 4. The normalized spacial score (nSPS) is 11.4. The van der Waals surface area contributed by atoms with Crippen LogP contribution in [-0.2, 0) is 6.42 Å². The van der Waals surface area contributed by atoms with Gasteiger partial charge in [-0.2, -0.15) is 0 Å². The largest absolute Gasteiger partial charge is 0.573 e. The highest BCUT2D eigenvalue weighted by molar-refractivity contribution is 9.09. The Morgan fingerprint density at radius 3 is 2.41 bits per heavy atom. The molecule has 1 aromatic rings. The van der Waals surface area contributed by atoms with Crippen molar-refractivity contribution in [3.63, 3.8) is 0 Å². The molecule has 0 heterocycles. The second-order valence-corrected chi connectivity index (χ2v) is 4.07. The van der Waals surface area contributed by atoms with Gasteiger partial charge in [0.1, 0.15) is 11.5 Å². The topological polar surface area (TPSA) is 18.5 Å². The lowest BCUT2D eigenvalue weighted by Crippen LogP contribution is -2.18. The molecular formula is C11H12BrF3O2. The summed E-state index contributed by atoms with van der Waals surface area (Å²) in [5.74, 6) is 0.213. The molecule has 96 valence electrons. The van der Waals surface area contributed by atoms with E-state index in [2.05, 4.69) is 20.7 Å². The summed E-state index contributed by atoms with van der Waals surface area (Å²) in [5, 5.41) is 0.705. The minimum atomic E-state index is -4.69. The number of methoxy groups -OCH3 is 1. The number of benzene rings is 1. The van der Waals surface area contributed by atoms with Crippen molar-refractivity contribution in [1.82, 2.24) is 0 Å². The van der Waals surface area contributed by atoms with Gasteiger partial charge in [0, 0.05) is 10.9 Å². The van der Waals surface area contributed by atoms with Gasteiger partial charge < -0.3 is 9.47 Å². The summed E-state index contributed by atoms with van der Waals surface area (Å²) in [6, 6.07) is 4.38. The molecule has 0 aliphatic rings. The number of ether oxygens (including phenoxy) is 2. The zero-order valence-corrected chi connectivity index (χ0v) is 10.8. The van der Waals surface area contributed by atoms with Gasteiger partial charge in [-0.05, 0) is 25.0 Å². The van der Waals surface area contributed by atoms with Crippen molar-refractivity contribution < 1.29 is 22.6 Å². The molecule has 0 bridgehead atoms. The third-order valence-electron chi connectivity index (χ3n) is 2.10. The summed E-state index contributed by atoms with van der Waals surface area (Å²) in [6.45, 7) is 0. The van der Waals surface area contributed by atoms with Crippen LogP contribution in [0.3, 0.4) is 0 Å². The Kier molecular flexibility index (Phi) is 5.11. The lowest BCUT2D eigenvalue weighted by atomic mass is 10.1. The van der Waals surface area contributed by atoms with E-state index in [4.69, 9.17) is 4.74 Å². The maximum atomic E-state index is 12.2. The molecule has 0 atom stereocenters. The van der Waals surface area contributed by atoms with Gasteiger partial charge in [-0.15, -0.1) is 13.2 Å². The zero-order chi connectivity index (χ0) is 12.9. The SMILES string of the molecule is COc1cccc(OC(F)(F)F)c1CCCBr. The summed E-state index contributed by atoms with van der Waals surface area (Å²) in [5.41, 5.74) is 0.437. The molecule has 2 nitrogen and oxygen atoms in total. The number of alkyl halides is 4. The van der Waals surface area contributed by atoms with E-state index in [0.717, 1.165) is 0 Å². The smallest absolute Gasteiger partial charge is 0.496 e. The van der Waals surface area contributed by atoms with E-state index in [1.54, 1.807) is 6.07 Å². The summed E-state index contributed by atoms with van der Waals surface area (Å²) in [6.07, 6.45) is -3.52. The Hall–Kier alpha value is -0.910. The quantitative estimate of drug-likeness (QED) is 0.767. The van der Waals surface area contributed by atoms with Crippen molar-refractivity contribution in [3.05, 3.63) is 23.8 Å². The third-order valence-corrected chi connectivity index (χ3v) is 2.66. The highest BCUT2D eigenvalue weighted by Crippen LogP contribution is 2.33. The Balaban J connectivity index is 3.01. The van der Waals surface area contributed by atoms with Crippen molar-refractivity contribution in [2.75, 3.05) is 12.4 Å². The van der Waals surface area contributed by atoms with E-state index in [1.807, 2.05) is 0 Å². The maximum absolute atomic E-state index is 12.2. The van der Waals surface area contributed by atoms with Crippen LogP contribution >= 0.6 is 15.9 Å². The minimum Gasteiger partial charge on any atom is -0.496 e. The van der Waals surface area contributed by atoms with Crippen molar-refractivity contribution in [2.45, 2.75) is 19.2 Å². The third kappa shape index (κ3) is 4.46. The molecule has 1 rings (SSSR count). The fraction of sp³-hybridized carbons (Fsp3) is 0.455. The number of hydrogen-bond donors (Lipinski definition) is 0. The predicted octanol–water partition coefficient (Wildman–Crippen LogP) is 3.92. The predicted molar refractivity (Wildman–Crippen MR) is 61.8 cm³/mol. The highest BCUT2D eigenvalue weighted by atomic mass is 79.9. The van der Waals surface area contributed by atoms with Crippen LogP contribution in [0.5, 0.6) is 11.5 Å². The standard InChI is InChI=1S/C11H12BrF3O2/c1-16-9-5-2-6-10(17-11(13,14)15)8(9)4-3-7-12/h2,5-6H,3-4,7H2,1H3. The Morgan fingerprint density at radius 2 is 1.88 bits per heavy atom. The lowest BCUT2D eigenvalue weighted by Gasteiger charge is -2.15. The second-order valence-electron chi connectivity index (χ2n) is 3.28. The average Bonchev–Trinajstić information content (AvgIpc) is 2.25. The van der Waals surface area contributed by atoms with Crippen LogP contribution in [-0.4, -0.2) is 18.8 Å². The Morgan fingerprint density at radius 1 is 1.24 bits per heavy atom. The summed E-state index contributed by atoms with van der Waals surface area (Å²) < 4.78 is 45.6. The lowest BCUT2D eigenvalue weighted by molar-refractivity contribution is -0.274. The average molecular weight is 313 g/mol. The number of hydrogen-bond acceptors (Lipinski definition) is 2. The molecule has 0 spiro atoms. The Labute approximate surface area is 106 Å². The first kappa shape index (κ1) is 14.2. The van der Waals surface area contributed by atoms with Gasteiger partial charge in [-0.25, -0.2) is 0 Å². The van der Waals surface area contributed by atoms with E-state index >= 15 is 0 Å². The van der Waals surface area contributed by atoms with Crippen molar-refractivity contribution in [3.8, 4) is 11.5 Å².